The van der Waals surface area contributed by atoms with Crippen molar-refractivity contribution in [3.63, 3.8) is 0 Å². The van der Waals surface area contributed by atoms with Crippen LogP contribution in [0.5, 0.6) is 0 Å². The van der Waals surface area contributed by atoms with E-state index in [0.717, 1.165) is 36.8 Å². The number of aromatic nitrogens is 1. The van der Waals surface area contributed by atoms with E-state index in [0.29, 0.717) is 30.9 Å². The maximum Gasteiger partial charge on any atom is 0.418 e. The molecule has 1 aromatic heterocycles. The number of nitrogens with two attached hydrogens (primary N) is 1. The van der Waals surface area contributed by atoms with Crippen molar-refractivity contribution in [2.75, 3.05) is 13.1 Å². The predicted octanol–water partition coefficient (Wildman–Crippen LogP) is 0.332. The summed E-state index contributed by atoms with van der Waals surface area (Å²) in [6, 6.07) is 1.01. The molecule has 3 heterocycles. The molecule has 0 aromatic carbocycles. The van der Waals surface area contributed by atoms with E-state index in [-0.39, 0.29) is 6.42 Å². The van der Waals surface area contributed by atoms with Crippen molar-refractivity contribution in [2.24, 2.45) is 11.7 Å². The molecule has 0 aliphatic carbocycles. The molecule has 2 aliphatic rings. The molecular weight excluding hydrogens is 364 g/mol. The third-order valence-electron chi connectivity index (χ3n) is 4.86. The summed E-state index contributed by atoms with van der Waals surface area (Å²) in [7, 11) is -4.73. The topological polar surface area (TPSA) is 148 Å². The molecule has 2 saturated heterocycles. The van der Waals surface area contributed by atoms with Gasteiger partial charge >= 0.3 is 10.4 Å². The van der Waals surface area contributed by atoms with Gasteiger partial charge in [-0.25, -0.2) is 0 Å². The zero-order chi connectivity index (χ0) is 18.7. The van der Waals surface area contributed by atoms with Crippen molar-refractivity contribution in [3.05, 3.63) is 17.5 Å². The van der Waals surface area contributed by atoms with Gasteiger partial charge in [0.25, 0.3) is 0 Å². The van der Waals surface area contributed by atoms with E-state index >= 15 is 0 Å². The lowest BCUT2D eigenvalue weighted by molar-refractivity contribution is -0.157. The highest BCUT2D eigenvalue weighted by molar-refractivity contribution is 7.80. The lowest BCUT2D eigenvalue weighted by Gasteiger charge is -2.22. The van der Waals surface area contributed by atoms with Crippen molar-refractivity contribution in [2.45, 2.75) is 50.6 Å². The summed E-state index contributed by atoms with van der Waals surface area (Å²) in [6.45, 7) is 1.99. The van der Waals surface area contributed by atoms with Gasteiger partial charge in [0.1, 0.15) is 11.5 Å². The average molecular weight is 388 g/mol. The van der Waals surface area contributed by atoms with Crippen LogP contribution < -0.4 is 11.1 Å². The highest BCUT2D eigenvalue weighted by Gasteiger charge is 2.35. The van der Waals surface area contributed by atoms with Gasteiger partial charge in [-0.2, -0.15) is 13.5 Å². The lowest BCUT2D eigenvalue weighted by atomic mass is 10.0. The van der Waals surface area contributed by atoms with E-state index in [4.69, 9.17) is 14.8 Å². The Morgan fingerprint density at radius 3 is 3.00 bits per heavy atom. The Hall–Kier alpha value is -1.53. The Morgan fingerprint density at radius 2 is 2.31 bits per heavy atom. The van der Waals surface area contributed by atoms with Crippen molar-refractivity contribution >= 4 is 16.3 Å². The minimum atomic E-state index is -4.73. The zero-order valence-corrected chi connectivity index (χ0v) is 15.2. The minimum absolute atomic E-state index is 0.166. The number of hydrogen-bond donors (Lipinski definition) is 3. The summed E-state index contributed by atoms with van der Waals surface area (Å²) in [6.07, 6.45) is 3.44. The van der Waals surface area contributed by atoms with E-state index in [9.17, 15) is 13.2 Å². The highest BCUT2D eigenvalue weighted by Crippen LogP contribution is 2.27. The molecule has 1 amide bonds. The van der Waals surface area contributed by atoms with Crippen LogP contribution in [-0.2, 0) is 25.9 Å². The first-order valence-corrected chi connectivity index (χ1v) is 10.1. The van der Waals surface area contributed by atoms with Crippen LogP contribution in [-0.4, -0.2) is 48.2 Å². The molecule has 0 radical (unpaired) electrons. The number of nitrogens with one attached hydrogen (secondary N) is 1. The lowest BCUT2D eigenvalue weighted by Crippen LogP contribution is -2.35. The van der Waals surface area contributed by atoms with E-state index < -0.39 is 28.4 Å². The Bertz CT molecular complexity index is 730. The summed E-state index contributed by atoms with van der Waals surface area (Å²) in [4.78, 5) is 11.7. The fourth-order valence-corrected chi connectivity index (χ4v) is 3.89. The molecule has 1 aromatic rings. The molecule has 11 heteroatoms. The largest absolute Gasteiger partial charge is 0.418 e. The summed E-state index contributed by atoms with van der Waals surface area (Å²) in [5.74, 6) is 0.870. The second kappa shape index (κ2) is 8.01. The molecule has 1 unspecified atom stereocenters. The van der Waals surface area contributed by atoms with Crippen LogP contribution in [0.1, 0.15) is 49.6 Å². The fourth-order valence-electron chi connectivity index (χ4n) is 3.48. The van der Waals surface area contributed by atoms with Crippen LogP contribution in [0.25, 0.3) is 0 Å². The van der Waals surface area contributed by atoms with Crippen LogP contribution in [0.4, 0.5) is 0 Å². The third kappa shape index (κ3) is 5.01. The van der Waals surface area contributed by atoms with E-state index in [1.807, 2.05) is 6.07 Å². The molecule has 0 saturated carbocycles. The van der Waals surface area contributed by atoms with Crippen LogP contribution >= 0.6 is 0 Å². The average Bonchev–Trinajstić information content (AvgIpc) is 3.29. The molecule has 0 spiro atoms. The Kier molecular flexibility index (Phi) is 5.92. The van der Waals surface area contributed by atoms with Gasteiger partial charge in [0.15, 0.2) is 0 Å². The molecule has 3 rings (SSSR count). The maximum absolute atomic E-state index is 11.7. The van der Waals surface area contributed by atoms with Gasteiger partial charge in [0.2, 0.25) is 5.91 Å². The Balaban J connectivity index is 1.52. The van der Waals surface area contributed by atoms with Crippen LogP contribution in [0.3, 0.4) is 0 Å². The van der Waals surface area contributed by atoms with Crippen LogP contribution in [0, 0.1) is 5.92 Å². The third-order valence-corrected chi connectivity index (χ3v) is 5.21. The molecule has 0 bridgehead atoms. The van der Waals surface area contributed by atoms with Gasteiger partial charge in [-0.15, -0.1) is 4.28 Å². The minimum Gasteiger partial charge on any atom is -0.361 e. The van der Waals surface area contributed by atoms with E-state index in [2.05, 4.69) is 14.8 Å². The number of hydrogen-bond acceptors (Lipinski definition) is 8. The number of hydroxylamine groups is 2. The molecule has 4 N–H and O–H groups in total. The van der Waals surface area contributed by atoms with E-state index in [1.165, 1.54) is 0 Å². The second-order valence-electron chi connectivity index (χ2n) is 6.88. The van der Waals surface area contributed by atoms with Gasteiger partial charge in [-0.05, 0) is 44.7 Å². The quantitative estimate of drug-likeness (QED) is 0.536. The number of carbonyl (C=O) groups is 1. The Labute approximate surface area is 151 Å². The van der Waals surface area contributed by atoms with Crippen molar-refractivity contribution in [1.82, 2.24) is 15.5 Å². The first-order chi connectivity index (χ1) is 12.3. The first kappa shape index (κ1) is 19.2. The number of amides is 1. The van der Waals surface area contributed by atoms with Gasteiger partial charge in [0.05, 0.1) is 12.1 Å². The van der Waals surface area contributed by atoms with Crippen molar-refractivity contribution in [3.8, 4) is 0 Å². The highest BCUT2D eigenvalue weighted by atomic mass is 32.3. The van der Waals surface area contributed by atoms with Gasteiger partial charge in [0, 0.05) is 18.9 Å². The van der Waals surface area contributed by atoms with Crippen molar-refractivity contribution < 1.29 is 26.6 Å². The molecule has 2 aliphatic heterocycles. The van der Waals surface area contributed by atoms with Gasteiger partial charge in [-0.1, -0.05) is 5.16 Å². The van der Waals surface area contributed by atoms with Crippen LogP contribution in [0.2, 0.25) is 0 Å². The SMILES string of the molecule is N[C@@H](CC[C@@H]1CCC(=O)N1OS(=O)(=O)O)c1cc(CC2CCNC2)on1. The normalized spacial score (nSPS) is 25.2. The second-order valence-corrected chi connectivity index (χ2v) is 7.88. The smallest absolute Gasteiger partial charge is 0.361 e. The van der Waals surface area contributed by atoms with Crippen LogP contribution in [0.15, 0.2) is 10.6 Å². The number of nitrogens with zero attached hydrogens (tertiary/aromatic N) is 2. The first-order valence-electron chi connectivity index (χ1n) is 8.72. The summed E-state index contributed by atoms with van der Waals surface area (Å²) < 4.78 is 40.3. The van der Waals surface area contributed by atoms with Gasteiger partial charge < -0.3 is 15.6 Å². The monoisotopic (exact) mass is 388 g/mol. The van der Waals surface area contributed by atoms with Gasteiger partial charge in [-0.3, -0.25) is 9.35 Å². The van der Waals surface area contributed by atoms with Crippen molar-refractivity contribution in [1.29, 1.82) is 0 Å². The molecular formula is C15H24N4O6S. The van der Waals surface area contributed by atoms with E-state index in [1.54, 1.807) is 0 Å². The molecule has 26 heavy (non-hydrogen) atoms. The summed E-state index contributed by atoms with van der Waals surface area (Å²) in [5, 5.41) is 8.06. The fraction of sp³-hybridized carbons (Fsp3) is 0.733. The number of carbonyl (C=O) groups excluding carboxylic acids is 1. The molecule has 2 fully saturated rings. The molecule has 146 valence electrons. The Morgan fingerprint density at radius 1 is 1.50 bits per heavy atom. The molecule has 10 nitrogen and oxygen atoms in total. The number of rotatable bonds is 8. The predicted molar refractivity (Wildman–Crippen MR) is 89.8 cm³/mol. The molecule has 3 atom stereocenters. The standard InChI is InChI=1S/C15H24N4O6S/c16-13(14-8-12(24-18-14)7-10-5-6-17-9-10)3-1-11-2-4-15(20)19(11)25-26(21,22)23/h8,10-11,13,17H,1-7,9,16H2,(H,21,22,23)/t10?,11-,13+/m1/s1. The summed E-state index contributed by atoms with van der Waals surface area (Å²) in [5.41, 5.74) is 6.79. The maximum atomic E-state index is 11.7. The summed E-state index contributed by atoms with van der Waals surface area (Å²) >= 11 is 0. The zero-order valence-electron chi connectivity index (χ0n) is 14.3.